The van der Waals surface area contributed by atoms with Gasteiger partial charge in [0.15, 0.2) is 5.13 Å². The van der Waals surface area contributed by atoms with Crippen molar-refractivity contribution in [2.75, 3.05) is 24.9 Å². The molecule has 2 aromatic rings. The number of anilines is 1. The Balaban J connectivity index is 1.77. The van der Waals surface area contributed by atoms with Crippen molar-refractivity contribution in [3.8, 4) is 5.75 Å². The molecule has 1 aromatic heterocycles. The normalized spacial score (nSPS) is 16.4. The first kappa shape index (κ1) is 20.1. The van der Waals surface area contributed by atoms with Crippen LogP contribution >= 0.6 is 11.3 Å². The van der Waals surface area contributed by atoms with Crippen molar-refractivity contribution in [3.05, 3.63) is 34.3 Å². The van der Waals surface area contributed by atoms with Crippen molar-refractivity contribution < 1.29 is 13.2 Å². The van der Waals surface area contributed by atoms with Gasteiger partial charge in [0.2, 0.25) is 0 Å². The Hall–Kier alpha value is -1.64. The molecule has 1 fully saturated rings. The van der Waals surface area contributed by atoms with Crippen LogP contribution in [0.4, 0.5) is 5.13 Å². The van der Waals surface area contributed by atoms with Crippen molar-refractivity contribution in [1.29, 1.82) is 0 Å². The van der Waals surface area contributed by atoms with E-state index in [-0.39, 0.29) is 4.90 Å². The summed E-state index contributed by atoms with van der Waals surface area (Å²) in [4.78, 5) is 8.10. The summed E-state index contributed by atoms with van der Waals surface area (Å²) < 4.78 is 33.5. The number of nitrogens with one attached hydrogen (secondary N) is 1. The van der Waals surface area contributed by atoms with Gasteiger partial charge in [0.1, 0.15) is 10.6 Å². The highest BCUT2D eigenvalue weighted by molar-refractivity contribution is 7.93. The lowest BCUT2D eigenvalue weighted by Gasteiger charge is -2.29. The van der Waals surface area contributed by atoms with E-state index >= 15 is 0 Å². The molecule has 0 atom stereocenters. The van der Waals surface area contributed by atoms with Gasteiger partial charge < -0.3 is 4.74 Å². The number of piperidine rings is 1. The quantitative estimate of drug-likeness (QED) is 0.786. The van der Waals surface area contributed by atoms with Gasteiger partial charge in [0.25, 0.3) is 10.0 Å². The molecule has 2 heterocycles. The Morgan fingerprint density at radius 1 is 1.30 bits per heavy atom. The molecule has 0 aliphatic carbocycles. The van der Waals surface area contributed by atoms with Gasteiger partial charge >= 0.3 is 0 Å². The molecule has 6 nitrogen and oxygen atoms in total. The lowest BCUT2D eigenvalue weighted by Crippen LogP contribution is -2.32. The van der Waals surface area contributed by atoms with E-state index < -0.39 is 10.0 Å². The van der Waals surface area contributed by atoms with Crippen LogP contribution in [0.2, 0.25) is 0 Å². The topological polar surface area (TPSA) is 71.5 Å². The molecule has 1 N–H and O–H groups in total. The Kier molecular flexibility index (Phi) is 6.08. The predicted molar refractivity (Wildman–Crippen MR) is 109 cm³/mol. The molecule has 1 aliphatic rings. The van der Waals surface area contributed by atoms with Crippen molar-refractivity contribution >= 4 is 26.5 Å². The minimum atomic E-state index is -3.76. The third kappa shape index (κ3) is 4.80. The fourth-order valence-corrected chi connectivity index (χ4v) is 5.70. The number of hydrogen-bond donors (Lipinski definition) is 1. The number of likely N-dealkylation sites (tertiary alicyclic amines) is 1. The van der Waals surface area contributed by atoms with Crippen LogP contribution in [-0.4, -0.2) is 38.5 Å². The van der Waals surface area contributed by atoms with Gasteiger partial charge in [0, 0.05) is 11.4 Å². The predicted octanol–water partition coefficient (Wildman–Crippen LogP) is 3.80. The van der Waals surface area contributed by atoms with E-state index in [0.717, 1.165) is 41.7 Å². The third-order valence-corrected chi connectivity index (χ3v) is 7.51. The highest BCUT2D eigenvalue weighted by atomic mass is 32.2. The number of methoxy groups -OCH3 is 1. The van der Waals surface area contributed by atoms with Crippen LogP contribution in [-0.2, 0) is 16.6 Å². The molecular formula is C19H27N3O3S2. The maximum atomic E-state index is 12.8. The Labute approximate surface area is 165 Å². The molecular weight excluding hydrogens is 382 g/mol. The molecule has 0 saturated carbocycles. The standard InChI is InChI=1S/C19H27N3O3S2/c1-13-7-9-22(10-8-13)12-17-15(3)20-19(26-17)21-27(23,24)18-11-14(2)5-6-16(18)25-4/h5-6,11,13H,7-10,12H2,1-4H3,(H,20,21). The number of rotatable bonds is 6. The monoisotopic (exact) mass is 409 g/mol. The van der Waals surface area contributed by atoms with Gasteiger partial charge in [-0.15, -0.1) is 0 Å². The fraction of sp³-hybridized carbons (Fsp3) is 0.526. The summed E-state index contributed by atoms with van der Waals surface area (Å²) in [6, 6.07) is 5.10. The minimum Gasteiger partial charge on any atom is -0.495 e. The fourth-order valence-electron chi connectivity index (χ4n) is 3.21. The van der Waals surface area contributed by atoms with Crippen LogP contribution in [0, 0.1) is 19.8 Å². The van der Waals surface area contributed by atoms with Crippen molar-refractivity contribution in [2.24, 2.45) is 5.92 Å². The number of aromatic nitrogens is 1. The SMILES string of the molecule is COc1ccc(C)cc1S(=O)(=O)Nc1nc(C)c(CN2CCC(C)CC2)s1. The molecule has 8 heteroatoms. The molecule has 1 aliphatic heterocycles. The summed E-state index contributed by atoms with van der Waals surface area (Å²) >= 11 is 1.41. The van der Waals surface area contributed by atoms with E-state index in [1.165, 1.54) is 31.3 Å². The molecule has 148 valence electrons. The van der Waals surface area contributed by atoms with Gasteiger partial charge in [-0.1, -0.05) is 24.3 Å². The summed E-state index contributed by atoms with van der Waals surface area (Å²) in [5.74, 6) is 1.11. The van der Waals surface area contributed by atoms with E-state index in [9.17, 15) is 8.42 Å². The number of ether oxygens (including phenoxy) is 1. The zero-order valence-electron chi connectivity index (χ0n) is 16.3. The van der Waals surface area contributed by atoms with Crippen LogP contribution in [0.3, 0.4) is 0 Å². The Bertz CT molecular complexity index is 901. The maximum Gasteiger partial charge on any atom is 0.267 e. The van der Waals surface area contributed by atoms with Gasteiger partial charge in [0.05, 0.1) is 12.8 Å². The largest absolute Gasteiger partial charge is 0.495 e. The van der Waals surface area contributed by atoms with Crippen LogP contribution in [0.5, 0.6) is 5.75 Å². The van der Waals surface area contributed by atoms with Crippen LogP contribution in [0.15, 0.2) is 23.1 Å². The van der Waals surface area contributed by atoms with Gasteiger partial charge in [-0.3, -0.25) is 9.62 Å². The zero-order chi connectivity index (χ0) is 19.6. The highest BCUT2D eigenvalue weighted by Gasteiger charge is 2.23. The van der Waals surface area contributed by atoms with E-state index in [2.05, 4.69) is 21.5 Å². The van der Waals surface area contributed by atoms with Gasteiger partial charge in [-0.05, 0) is 63.4 Å². The average Bonchev–Trinajstić information content (AvgIpc) is 2.95. The summed E-state index contributed by atoms with van der Waals surface area (Å²) in [5, 5.41) is 0.399. The molecule has 1 saturated heterocycles. The van der Waals surface area contributed by atoms with Crippen LogP contribution < -0.4 is 9.46 Å². The summed E-state index contributed by atoms with van der Waals surface area (Å²) in [6.07, 6.45) is 2.43. The summed E-state index contributed by atoms with van der Waals surface area (Å²) in [5.41, 5.74) is 1.74. The first-order valence-corrected chi connectivity index (χ1v) is 11.4. The zero-order valence-corrected chi connectivity index (χ0v) is 17.9. The summed E-state index contributed by atoms with van der Waals surface area (Å²) in [6.45, 7) is 9.07. The van der Waals surface area contributed by atoms with Crippen LogP contribution in [0.1, 0.15) is 35.9 Å². The summed E-state index contributed by atoms with van der Waals surface area (Å²) in [7, 11) is -2.30. The van der Waals surface area contributed by atoms with Gasteiger partial charge in [-0.25, -0.2) is 13.4 Å². The number of thiazole rings is 1. The van der Waals surface area contributed by atoms with E-state index in [1.807, 2.05) is 19.9 Å². The van der Waals surface area contributed by atoms with E-state index in [1.54, 1.807) is 12.1 Å². The lowest BCUT2D eigenvalue weighted by atomic mass is 9.99. The molecule has 3 rings (SSSR count). The van der Waals surface area contributed by atoms with Crippen molar-refractivity contribution in [2.45, 2.75) is 45.1 Å². The number of sulfonamides is 1. The third-order valence-electron chi connectivity index (χ3n) is 4.97. The number of hydrogen-bond acceptors (Lipinski definition) is 6. The number of aryl methyl sites for hydroxylation is 2. The first-order chi connectivity index (χ1) is 12.8. The maximum absolute atomic E-state index is 12.8. The van der Waals surface area contributed by atoms with E-state index in [0.29, 0.717) is 10.9 Å². The van der Waals surface area contributed by atoms with Crippen molar-refractivity contribution in [1.82, 2.24) is 9.88 Å². The van der Waals surface area contributed by atoms with Crippen LogP contribution in [0.25, 0.3) is 0 Å². The number of benzene rings is 1. The second-order valence-corrected chi connectivity index (χ2v) is 9.98. The molecule has 0 amide bonds. The molecule has 27 heavy (non-hydrogen) atoms. The minimum absolute atomic E-state index is 0.129. The second-order valence-electron chi connectivity index (χ2n) is 7.25. The Morgan fingerprint density at radius 3 is 2.67 bits per heavy atom. The van der Waals surface area contributed by atoms with Crippen molar-refractivity contribution in [3.63, 3.8) is 0 Å². The molecule has 0 spiro atoms. The Morgan fingerprint density at radius 2 is 2.00 bits per heavy atom. The lowest BCUT2D eigenvalue weighted by molar-refractivity contribution is 0.186. The molecule has 1 aromatic carbocycles. The molecule has 0 radical (unpaired) electrons. The van der Waals surface area contributed by atoms with E-state index in [4.69, 9.17) is 4.74 Å². The smallest absolute Gasteiger partial charge is 0.267 e. The molecule has 0 unspecified atom stereocenters. The molecule has 0 bridgehead atoms. The number of nitrogens with zero attached hydrogens (tertiary/aromatic N) is 2. The second kappa shape index (κ2) is 8.16. The average molecular weight is 410 g/mol. The van der Waals surface area contributed by atoms with Gasteiger partial charge in [-0.2, -0.15) is 0 Å². The highest BCUT2D eigenvalue weighted by Crippen LogP contribution is 2.30. The first-order valence-electron chi connectivity index (χ1n) is 9.14.